The SMILES string of the molecule is O=C(CSc1nncs1)N(C[C@@H]1CCCO1)c1nc(-c2ccc(Br)cc2)cs1. The van der Waals surface area contributed by atoms with E-state index in [4.69, 9.17) is 9.72 Å². The highest BCUT2D eigenvalue weighted by molar-refractivity contribution is 9.10. The number of nitrogens with zero attached hydrogens (tertiary/aromatic N) is 4. The van der Waals surface area contributed by atoms with Gasteiger partial charge < -0.3 is 4.74 Å². The van der Waals surface area contributed by atoms with Crippen molar-refractivity contribution in [1.29, 1.82) is 0 Å². The predicted molar refractivity (Wildman–Crippen MR) is 117 cm³/mol. The Morgan fingerprint density at radius 1 is 1.32 bits per heavy atom. The van der Waals surface area contributed by atoms with Crippen molar-refractivity contribution in [3.8, 4) is 11.3 Å². The summed E-state index contributed by atoms with van der Waals surface area (Å²) in [5, 5.41) is 10.5. The first-order chi connectivity index (χ1) is 13.7. The molecule has 0 bridgehead atoms. The number of carbonyl (C=O) groups is 1. The summed E-state index contributed by atoms with van der Waals surface area (Å²) in [5.41, 5.74) is 3.57. The van der Waals surface area contributed by atoms with Crippen molar-refractivity contribution in [2.24, 2.45) is 0 Å². The third-order valence-corrected chi connectivity index (χ3v) is 7.47. The third kappa shape index (κ3) is 4.98. The first-order valence-electron chi connectivity index (χ1n) is 8.71. The second-order valence-corrected chi connectivity index (χ2v) is 9.96. The molecule has 2 aromatic heterocycles. The molecular weight excluding hydrogens is 480 g/mol. The normalized spacial score (nSPS) is 16.4. The van der Waals surface area contributed by atoms with Crippen molar-refractivity contribution in [3.05, 3.63) is 39.6 Å². The smallest absolute Gasteiger partial charge is 0.239 e. The summed E-state index contributed by atoms with van der Waals surface area (Å²) in [6.45, 7) is 1.29. The van der Waals surface area contributed by atoms with Crippen LogP contribution in [0.1, 0.15) is 12.8 Å². The van der Waals surface area contributed by atoms with Crippen LogP contribution in [0.2, 0.25) is 0 Å². The topological polar surface area (TPSA) is 68.2 Å². The van der Waals surface area contributed by atoms with Gasteiger partial charge in [0, 0.05) is 22.0 Å². The van der Waals surface area contributed by atoms with Crippen LogP contribution in [0.15, 0.2) is 44.0 Å². The fourth-order valence-electron chi connectivity index (χ4n) is 2.85. The molecule has 1 saturated heterocycles. The van der Waals surface area contributed by atoms with E-state index in [1.54, 1.807) is 10.4 Å². The van der Waals surface area contributed by atoms with E-state index in [0.717, 1.165) is 39.5 Å². The molecule has 3 aromatic rings. The van der Waals surface area contributed by atoms with Gasteiger partial charge in [0.2, 0.25) is 5.91 Å². The van der Waals surface area contributed by atoms with Gasteiger partial charge in [0.15, 0.2) is 9.47 Å². The Bertz CT molecular complexity index is 911. The molecule has 28 heavy (non-hydrogen) atoms. The number of benzene rings is 1. The largest absolute Gasteiger partial charge is 0.376 e. The fourth-order valence-corrected chi connectivity index (χ4v) is 5.34. The average Bonchev–Trinajstić information content (AvgIpc) is 3.47. The Labute approximate surface area is 183 Å². The lowest BCUT2D eigenvalue weighted by Crippen LogP contribution is -2.38. The minimum absolute atomic E-state index is 0.00686. The molecular formula is C18H17BrN4O2S3. The highest BCUT2D eigenvalue weighted by atomic mass is 79.9. The second kappa shape index (κ2) is 9.45. The molecule has 6 nitrogen and oxygen atoms in total. The number of anilines is 1. The number of hydrogen-bond donors (Lipinski definition) is 0. The van der Waals surface area contributed by atoms with Crippen LogP contribution in [-0.2, 0) is 9.53 Å². The van der Waals surface area contributed by atoms with E-state index in [2.05, 4.69) is 26.1 Å². The lowest BCUT2D eigenvalue weighted by Gasteiger charge is -2.22. The molecule has 0 spiro atoms. The number of thioether (sulfide) groups is 1. The number of aromatic nitrogens is 3. The number of carbonyl (C=O) groups excluding carboxylic acids is 1. The maximum Gasteiger partial charge on any atom is 0.239 e. The molecule has 0 radical (unpaired) electrons. The summed E-state index contributed by atoms with van der Waals surface area (Å²) in [4.78, 5) is 19.5. The van der Waals surface area contributed by atoms with Gasteiger partial charge in [0.05, 0.1) is 24.1 Å². The molecule has 146 valence electrons. The molecule has 0 N–H and O–H groups in total. The number of ether oxygens (including phenoxy) is 1. The van der Waals surface area contributed by atoms with Crippen molar-refractivity contribution >= 4 is 61.4 Å². The molecule has 1 aromatic carbocycles. The van der Waals surface area contributed by atoms with Crippen LogP contribution in [-0.4, -0.2) is 46.1 Å². The van der Waals surface area contributed by atoms with E-state index < -0.39 is 0 Å². The number of thiazole rings is 1. The summed E-state index contributed by atoms with van der Waals surface area (Å²) in [6, 6.07) is 8.01. The van der Waals surface area contributed by atoms with Gasteiger partial charge in [0.1, 0.15) is 5.51 Å². The molecule has 1 aliphatic rings. The maximum absolute atomic E-state index is 13.0. The molecule has 3 heterocycles. The predicted octanol–water partition coefficient (Wildman–Crippen LogP) is 4.73. The molecule has 10 heteroatoms. The highest BCUT2D eigenvalue weighted by Crippen LogP contribution is 2.30. The van der Waals surface area contributed by atoms with Crippen LogP contribution in [0.4, 0.5) is 5.13 Å². The summed E-state index contributed by atoms with van der Waals surface area (Å²) < 4.78 is 7.58. The molecule has 1 fully saturated rings. The molecule has 1 atom stereocenters. The third-order valence-electron chi connectivity index (χ3n) is 4.23. The van der Waals surface area contributed by atoms with Crippen LogP contribution in [0.25, 0.3) is 11.3 Å². The first-order valence-corrected chi connectivity index (χ1v) is 12.3. The van der Waals surface area contributed by atoms with Crippen molar-refractivity contribution < 1.29 is 9.53 Å². The molecule has 0 unspecified atom stereocenters. The maximum atomic E-state index is 13.0. The summed E-state index contributed by atoms with van der Waals surface area (Å²) in [5.74, 6) is 0.308. The molecule has 0 aliphatic carbocycles. The Balaban J connectivity index is 1.52. The van der Waals surface area contributed by atoms with Crippen LogP contribution >= 0.6 is 50.4 Å². The number of halogens is 1. The van der Waals surface area contributed by atoms with Crippen molar-refractivity contribution in [1.82, 2.24) is 15.2 Å². The summed E-state index contributed by atoms with van der Waals surface area (Å²) in [6.07, 6.45) is 2.07. The highest BCUT2D eigenvalue weighted by Gasteiger charge is 2.26. The van der Waals surface area contributed by atoms with Crippen molar-refractivity contribution in [2.75, 3.05) is 23.8 Å². The van der Waals surface area contributed by atoms with Gasteiger partial charge in [-0.3, -0.25) is 9.69 Å². The Kier molecular flexibility index (Phi) is 6.73. The van der Waals surface area contributed by atoms with E-state index in [1.165, 1.54) is 34.4 Å². The van der Waals surface area contributed by atoms with E-state index in [-0.39, 0.29) is 12.0 Å². The Hall–Kier alpha value is -1.33. The number of rotatable bonds is 7. The number of hydrogen-bond acceptors (Lipinski definition) is 8. The molecule has 1 amide bonds. The summed E-state index contributed by atoms with van der Waals surface area (Å²) in [7, 11) is 0. The standard InChI is InChI=1S/C18H17BrN4O2S3/c19-13-5-3-12(4-6-13)15-9-26-17(21-15)23(8-14-2-1-7-25-14)16(24)10-27-18-22-20-11-28-18/h3-6,9,11,14H,1-2,7-8,10H2/t14-/m0/s1. The Morgan fingerprint density at radius 2 is 2.18 bits per heavy atom. The molecule has 4 rings (SSSR count). The van der Waals surface area contributed by atoms with Gasteiger partial charge in [-0.05, 0) is 25.0 Å². The lowest BCUT2D eigenvalue weighted by molar-refractivity contribution is -0.116. The zero-order chi connectivity index (χ0) is 19.3. The second-order valence-electron chi connectivity index (χ2n) is 6.15. The minimum atomic E-state index is 0.00686. The van der Waals surface area contributed by atoms with E-state index in [1.807, 2.05) is 29.6 Å². The minimum Gasteiger partial charge on any atom is -0.376 e. The fraction of sp³-hybridized carbons (Fsp3) is 0.333. The van der Waals surface area contributed by atoms with Crippen molar-refractivity contribution in [2.45, 2.75) is 23.3 Å². The number of amides is 1. The van der Waals surface area contributed by atoms with Crippen LogP contribution in [0.3, 0.4) is 0 Å². The zero-order valence-electron chi connectivity index (χ0n) is 14.8. The van der Waals surface area contributed by atoms with Crippen LogP contribution < -0.4 is 4.90 Å². The van der Waals surface area contributed by atoms with Gasteiger partial charge in [-0.25, -0.2) is 4.98 Å². The monoisotopic (exact) mass is 496 g/mol. The van der Waals surface area contributed by atoms with E-state index in [9.17, 15) is 4.79 Å². The van der Waals surface area contributed by atoms with Gasteiger partial charge >= 0.3 is 0 Å². The van der Waals surface area contributed by atoms with Crippen LogP contribution in [0, 0.1) is 0 Å². The van der Waals surface area contributed by atoms with Gasteiger partial charge in [-0.15, -0.1) is 21.5 Å². The van der Waals surface area contributed by atoms with Gasteiger partial charge in [-0.1, -0.05) is 51.2 Å². The summed E-state index contributed by atoms with van der Waals surface area (Å²) >= 11 is 7.78. The lowest BCUT2D eigenvalue weighted by atomic mass is 10.2. The van der Waals surface area contributed by atoms with Gasteiger partial charge in [0.25, 0.3) is 0 Å². The zero-order valence-corrected chi connectivity index (χ0v) is 18.8. The molecule has 0 saturated carbocycles. The molecule has 1 aliphatic heterocycles. The van der Waals surface area contributed by atoms with Gasteiger partial charge in [-0.2, -0.15) is 0 Å². The van der Waals surface area contributed by atoms with Crippen molar-refractivity contribution in [3.63, 3.8) is 0 Å². The van der Waals surface area contributed by atoms with E-state index in [0.29, 0.717) is 17.4 Å². The van der Waals surface area contributed by atoms with E-state index >= 15 is 0 Å². The quantitative estimate of drug-likeness (QED) is 0.440. The first kappa shape index (κ1) is 20.0. The Morgan fingerprint density at radius 3 is 2.89 bits per heavy atom. The van der Waals surface area contributed by atoms with Crippen LogP contribution in [0.5, 0.6) is 0 Å². The average molecular weight is 497 g/mol.